The summed E-state index contributed by atoms with van der Waals surface area (Å²) < 4.78 is 0. The third-order valence-corrected chi connectivity index (χ3v) is 5.29. The SMILES string of the molecule is CC(Cc1cccs1)N(C)CC(C)(C)CBr. The Bertz CT molecular complexity index is 295. The molecule has 1 unspecified atom stereocenters. The normalized spacial score (nSPS) is 14.4. The Morgan fingerprint density at radius 3 is 2.69 bits per heavy atom. The van der Waals surface area contributed by atoms with Gasteiger partial charge >= 0.3 is 0 Å². The highest BCUT2D eigenvalue weighted by atomic mass is 79.9. The van der Waals surface area contributed by atoms with Crippen LogP contribution in [0.5, 0.6) is 0 Å². The molecule has 0 aromatic carbocycles. The van der Waals surface area contributed by atoms with Crippen molar-refractivity contribution in [3.05, 3.63) is 22.4 Å². The Morgan fingerprint density at radius 2 is 2.19 bits per heavy atom. The quantitative estimate of drug-likeness (QED) is 0.717. The summed E-state index contributed by atoms with van der Waals surface area (Å²) in [5, 5.41) is 3.21. The number of hydrogen-bond donors (Lipinski definition) is 0. The standard InChI is InChI=1S/C13H22BrNS/c1-11(8-12-6-5-7-16-12)15(4)10-13(2,3)9-14/h5-7,11H,8-10H2,1-4H3. The predicted octanol–water partition coefficient (Wildman–Crippen LogP) is 4.03. The van der Waals surface area contributed by atoms with Gasteiger partial charge in [0.05, 0.1) is 0 Å². The molecule has 0 aliphatic rings. The smallest absolute Gasteiger partial charge is 0.0112 e. The highest BCUT2D eigenvalue weighted by Gasteiger charge is 2.21. The number of halogens is 1. The number of rotatable bonds is 6. The Kier molecular flexibility index (Phi) is 5.48. The molecule has 1 rings (SSSR count). The lowest BCUT2D eigenvalue weighted by Gasteiger charge is -2.32. The van der Waals surface area contributed by atoms with E-state index >= 15 is 0 Å². The van der Waals surface area contributed by atoms with Crippen molar-refractivity contribution in [2.24, 2.45) is 5.41 Å². The third kappa shape index (κ3) is 4.56. The third-order valence-electron chi connectivity index (χ3n) is 2.87. The minimum atomic E-state index is 0.346. The molecule has 16 heavy (non-hydrogen) atoms. The lowest BCUT2D eigenvalue weighted by Crippen LogP contribution is -2.39. The van der Waals surface area contributed by atoms with E-state index in [1.807, 2.05) is 11.3 Å². The van der Waals surface area contributed by atoms with Gasteiger partial charge in [-0.2, -0.15) is 0 Å². The molecule has 1 aromatic heterocycles. The maximum absolute atomic E-state index is 3.58. The summed E-state index contributed by atoms with van der Waals surface area (Å²) in [7, 11) is 2.22. The predicted molar refractivity (Wildman–Crippen MR) is 77.7 cm³/mol. The zero-order valence-corrected chi connectivity index (χ0v) is 13.1. The minimum Gasteiger partial charge on any atom is -0.303 e. The fourth-order valence-electron chi connectivity index (χ4n) is 1.75. The van der Waals surface area contributed by atoms with Gasteiger partial charge in [0.15, 0.2) is 0 Å². The Hall–Kier alpha value is 0.140. The van der Waals surface area contributed by atoms with E-state index in [1.54, 1.807) is 0 Å². The zero-order valence-electron chi connectivity index (χ0n) is 10.7. The van der Waals surface area contributed by atoms with Crippen molar-refractivity contribution < 1.29 is 0 Å². The summed E-state index contributed by atoms with van der Waals surface area (Å²) in [4.78, 5) is 3.94. The first-order valence-electron chi connectivity index (χ1n) is 5.73. The number of thiophene rings is 1. The van der Waals surface area contributed by atoms with Crippen LogP contribution in [-0.2, 0) is 6.42 Å². The van der Waals surface area contributed by atoms with Crippen LogP contribution in [0.1, 0.15) is 25.6 Å². The Morgan fingerprint density at radius 1 is 1.50 bits per heavy atom. The Labute approximate surface area is 112 Å². The average Bonchev–Trinajstić information content (AvgIpc) is 2.69. The van der Waals surface area contributed by atoms with E-state index in [2.05, 4.69) is 66.2 Å². The van der Waals surface area contributed by atoms with Gasteiger partial charge in [0, 0.05) is 22.8 Å². The molecule has 0 aliphatic heterocycles. The number of alkyl halides is 1. The molecule has 0 spiro atoms. The molecule has 92 valence electrons. The monoisotopic (exact) mass is 303 g/mol. The maximum Gasteiger partial charge on any atom is 0.0112 e. The molecule has 0 saturated heterocycles. The van der Waals surface area contributed by atoms with E-state index in [9.17, 15) is 0 Å². The lowest BCUT2D eigenvalue weighted by molar-refractivity contribution is 0.184. The van der Waals surface area contributed by atoms with Gasteiger partial charge < -0.3 is 4.90 Å². The number of nitrogens with zero attached hydrogens (tertiary/aromatic N) is 1. The molecule has 1 aromatic rings. The summed E-state index contributed by atoms with van der Waals surface area (Å²) in [5.41, 5.74) is 0.346. The fraction of sp³-hybridized carbons (Fsp3) is 0.692. The lowest BCUT2D eigenvalue weighted by atomic mass is 9.95. The van der Waals surface area contributed by atoms with Crippen molar-refractivity contribution in [1.82, 2.24) is 4.90 Å². The van der Waals surface area contributed by atoms with Crippen LogP contribution < -0.4 is 0 Å². The van der Waals surface area contributed by atoms with Gasteiger partial charge in [-0.3, -0.25) is 0 Å². The van der Waals surface area contributed by atoms with Gasteiger partial charge in [-0.05, 0) is 37.3 Å². The van der Waals surface area contributed by atoms with Crippen LogP contribution in [0.2, 0.25) is 0 Å². The van der Waals surface area contributed by atoms with Crippen LogP contribution in [0.3, 0.4) is 0 Å². The van der Waals surface area contributed by atoms with Crippen LogP contribution in [0.4, 0.5) is 0 Å². The molecule has 0 N–H and O–H groups in total. The van der Waals surface area contributed by atoms with E-state index in [-0.39, 0.29) is 0 Å². The minimum absolute atomic E-state index is 0.346. The van der Waals surface area contributed by atoms with Crippen molar-refractivity contribution in [3.63, 3.8) is 0 Å². The van der Waals surface area contributed by atoms with Gasteiger partial charge in [0.2, 0.25) is 0 Å². The summed E-state index contributed by atoms with van der Waals surface area (Å²) in [5.74, 6) is 0. The van der Waals surface area contributed by atoms with Crippen molar-refractivity contribution >= 4 is 27.3 Å². The summed E-state index contributed by atoms with van der Waals surface area (Å²) in [6, 6.07) is 4.97. The van der Waals surface area contributed by atoms with Crippen LogP contribution in [0.25, 0.3) is 0 Å². The van der Waals surface area contributed by atoms with Crippen LogP contribution >= 0.6 is 27.3 Å². The van der Waals surface area contributed by atoms with Gasteiger partial charge in [-0.1, -0.05) is 35.8 Å². The summed E-state index contributed by atoms with van der Waals surface area (Å²) in [6.45, 7) is 8.04. The van der Waals surface area contributed by atoms with Crippen LogP contribution in [0, 0.1) is 5.41 Å². The van der Waals surface area contributed by atoms with Gasteiger partial charge in [-0.25, -0.2) is 0 Å². The molecule has 1 heterocycles. The van der Waals surface area contributed by atoms with E-state index in [0.717, 1.165) is 18.3 Å². The molecule has 1 atom stereocenters. The molecule has 0 amide bonds. The van der Waals surface area contributed by atoms with Crippen molar-refractivity contribution in [2.45, 2.75) is 33.2 Å². The molecule has 0 aliphatic carbocycles. The average molecular weight is 304 g/mol. The van der Waals surface area contributed by atoms with Crippen molar-refractivity contribution in [3.8, 4) is 0 Å². The molecule has 0 radical (unpaired) electrons. The molecule has 1 nitrogen and oxygen atoms in total. The van der Waals surface area contributed by atoms with E-state index < -0.39 is 0 Å². The van der Waals surface area contributed by atoms with Gasteiger partial charge in [-0.15, -0.1) is 11.3 Å². The maximum atomic E-state index is 3.58. The van der Waals surface area contributed by atoms with Crippen molar-refractivity contribution in [2.75, 3.05) is 18.9 Å². The molecular weight excluding hydrogens is 282 g/mol. The fourth-order valence-corrected chi connectivity index (χ4v) is 2.75. The molecule has 3 heteroatoms. The highest BCUT2D eigenvalue weighted by molar-refractivity contribution is 9.09. The number of likely N-dealkylation sites (N-methyl/N-ethyl adjacent to an activating group) is 1. The second-order valence-corrected chi connectivity index (χ2v) is 6.94. The van der Waals surface area contributed by atoms with Crippen LogP contribution in [-0.4, -0.2) is 29.9 Å². The first kappa shape index (κ1) is 14.2. The molecular formula is C13H22BrNS. The number of hydrogen-bond acceptors (Lipinski definition) is 2. The molecule has 0 saturated carbocycles. The van der Waals surface area contributed by atoms with E-state index in [0.29, 0.717) is 11.5 Å². The first-order valence-corrected chi connectivity index (χ1v) is 7.73. The van der Waals surface area contributed by atoms with E-state index in [1.165, 1.54) is 4.88 Å². The highest BCUT2D eigenvalue weighted by Crippen LogP contribution is 2.21. The first-order chi connectivity index (χ1) is 7.44. The largest absolute Gasteiger partial charge is 0.303 e. The van der Waals surface area contributed by atoms with Crippen LogP contribution in [0.15, 0.2) is 17.5 Å². The second-order valence-electron chi connectivity index (χ2n) is 5.35. The second kappa shape index (κ2) is 6.18. The van der Waals surface area contributed by atoms with Gasteiger partial charge in [0.1, 0.15) is 0 Å². The topological polar surface area (TPSA) is 3.24 Å². The van der Waals surface area contributed by atoms with Gasteiger partial charge in [0.25, 0.3) is 0 Å². The molecule has 0 fully saturated rings. The van der Waals surface area contributed by atoms with E-state index in [4.69, 9.17) is 0 Å². The summed E-state index contributed by atoms with van der Waals surface area (Å²) in [6.07, 6.45) is 1.16. The van der Waals surface area contributed by atoms with Crippen molar-refractivity contribution in [1.29, 1.82) is 0 Å². The Balaban J connectivity index is 2.45. The summed E-state index contributed by atoms with van der Waals surface area (Å²) >= 11 is 5.44. The molecule has 0 bridgehead atoms. The zero-order chi connectivity index (χ0) is 12.2.